The number of aromatic amines is 1. The quantitative estimate of drug-likeness (QED) is 0.718. The van der Waals surface area contributed by atoms with Crippen molar-refractivity contribution in [2.75, 3.05) is 10.5 Å². The summed E-state index contributed by atoms with van der Waals surface area (Å²) in [5.41, 5.74) is 6.68. The Morgan fingerprint density at radius 1 is 1.30 bits per heavy atom. The van der Waals surface area contributed by atoms with Crippen LogP contribution >= 0.6 is 0 Å². The summed E-state index contributed by atoms with van der Waals surface area (Å²) in [5, 5.41) is 5.73. The fourth-order valence-corrected chi connectivity index (χ4v) is 2.70. The molecular weight excluding hydrogens is 280 g/mol. The number of nitrogens with zero attached hydrogens (tertiary/aromatic N) is 1. The van der Waals surface area contributed by atoms with E-state index in [1.54, 1.807) is 6.07 Å². The summed E-state index contributed by atoms with van der Waals surface area (Å²) in [5.74, 6) is 0.0303. The predicted molar refractivity (Wildman–Crippen MR) is 75.9 cm³/mol. The van der Waals surface area contributed by atoms with Gasteiger partial charge in [-0.3, -0.25) is 9.52 Å². The predicted octanol–water partition coefficient (Wildman–Crippen LogP) is 0.715. The summed E-state index contributed by atoms with van der Waals surface area (Å²) in [7, 11) is -3.79. The van der Waals surface area contributed by atoms with Crippen molar-refractivity contribution < 1.29 is 8.42 Å². The lowest BCUT2D eigenvalue weighted by molar-refractivity contribution is 0.601. The molecule has 0 amide bonds. The van der Waals surface area contributed by atoms with Crippen LogP contribution in [0.1, 0.15) is 12.5 Å². The van der Waals surface area contributed by atoms with Crippen LogP contribution in [0.3, 0.4) is 0 Å². The molecule has 4 N–H and O–H groups in total. The van der Waals surface area contributed by atoms with Gasteiger partial charge < -0.3 is 5.73 Å². The summed E-state index contributed by atoms with van der Waals surface area (Å²) in [4.78, 5) is 10.9. The average Bonchev–Trinajstić information content (AvgIpc) is 2.41. The molecule has 0 aliphatic rings. The van der Waals surface area contributed by atoms with Crippen molar-refractivity contribution in [2.24, 2.45) is 0 Å². The van der Waals surface area contributed by atoms with E-state index in [4.69, 9.17) is 5.73 Å². The summed E-state index contributed by atoms with van der Waals surface area (Å²) in [6.45, 7) is 1.93. The molecule has 0 aliphatic heterocycles. The minimum Gasteiger partial charge on any atom is -0.398 e. The van der Waals surface area contributed by atoms with Gasteiger partial charge in [-0.1, -0.05) is 13.0 Å². The number of anilines is 2. The van der Waals surface area contributed by atoms with E-state index < -0.39 is 15.6 Å². The summed E-state index contributed by atoms with van der Waals surface area (Å²) >= 11 is 0. The van der Waals surface area contributed by atoms with Crippen molar-refractivity contribution >= 4 is 21.5 Å². The first-order valence-electron chi connectivity index (χ1n) is 5.89. The first kappa shape index (κ1) is 14.1. The highest BCUT2D eigenvalue weighted by atomic mass is 32.2. The summed E-state index contributed by atoms with van der Waals surface area (Å²) < 4.78 is 26.5. The summed E-state index contributed by atoms with van der Waals surface area (Å²) in [6.07, 6.45) is 0.723. The molecule has 0 unspecified atom stereocenters. The van der Waals surface area contributed by atoms with Gasteiger partial charge in [0.25, 0.3) is 15.6 Å². The topological polar surface area (TPSA) is 118 Å². The van der Waals surface area contributed by atoms with Crippen LogP contribution in [0.25, 0.3) is 0 Å². The molecule has 7 nitrogen and oxygen atoms in total. The molecule has 0 bridgehead atoms. The molecular formula is C12H14N4O3S. The molecule has 1 aromatic heterocycles. The molecule has 0 saturated heterocycles. The van der Waals surface area contributed by atoms with Crippen molar-refractivity contribution in [1.29, 1.82) is 0 Å². The Morgan fingerprint density at radius 3 is 2.60 bits per heavy atom. The van der Waals surface area contributed by atoms with Crippen LogP contribution in [-0.2, 0) is 16.4 Å². The number of hydrogen-bond acceptors (Lipinski definition) is 5. The number of nitrogens with two attached hydrogens (primary N) is 1. The number of sulfonamides is 1. The highest BCUT2D eigenvalue weighted by Crippen LogP contribution is 2.20. The number of nitrogens with one attached hydrogen (secondary N) is 2. The highest BCUT2D eigenvalue weighted by Gasteiger charge is 2.16. The van der Waals surface area contributed by atoms with E-state index in [0.717, 1.165) is 12.0 Å². The maximum absolute atomic E-state index is 12.1. The number of hydrogen-bond donors (Lipinski definition) is 3. The van der Waals surface area contributed by atoms with Crippen LogP contribution in [0, 0.1) is 0 Å². The minimum absolute atomic E-state index is 0.0303. The van der Waals surface area contributed by atoms with E-state index in [-0.39, 0.29) is 10.7 Å². The molecule has 0 spiro atoms. The van der Waals surface area contributed by atoms with Gasteiger partial charge in [-0.25, -0.2) is 13.5 Å². The molecule has 0 fully saturated rings. The van der Waals surface area contributed by atoms with Crippen LogP contribution < -0.4 is 16.0 Å². The van der Waals surface area contributed by atoms with Gasteiger partial charge in [-0.15, -0.1) is 0 Å². The molecule has 0 atom stereocenters. The van der Waals surface area contributed by atoms with Crippen LogP contribution in [0.4, 0.5) is 11.5 Å². The van der Waals surface area contributed by atoms with Crippen molar-refractivity contribution in [3.8, 4) is 0 Å². The fourth-order valence-electron chi connectivity index (χ4n) is 1.66. The van der Waals surface area contributed by atoms with Gasteiger partial charge in [-0.2, -0.15) is 5.10 Å². The second-order valence-corrected chi connectivity index (χ2v) is 5.81. The van der Waals surface area contributed by atoms with Crippen molar-refractivity contribution in [1.82, 2.24) is 10.2 Å². The van der Waals surface area contributed by atoms with Crippen LogP contribution in [0.15, 0.2) is 40.0 Å². The van der Waals surface area contributed by atoms with E-state index in [1.165, 1.54) is 24.3 Å². The molecule has 1 aromatic carbocycles. The Kier molecular flexibility index (Phi) is 3.75. The van der Waals surface area contributed by atoms with Gasteiger partial charge in [0, 0.05) is 11.8 Å². The standard InChI is InChI=1S/C12H14N4O3S/c1-2-8-3-4-9(7-10(8)13)20(18,19)16-11-5-6-12(17)15-14-11/h3-7H,2,13H2,1H3,(H,14,16)(H,15,17). The Bertz CT molecular complexity index is 763. The SMILES string of the molecule is CCc1ccc(S(=O)(=O)Nc2ccc(=O)[nH]n2)cc1N. The van der Waals surface area contributed by atoms with Gasteiger partial charge in [0.05, 0.1) is 4.90 Å². The third-order valence-electron chi connectivity index (χ3n) is 2.73. The second kappa shape index (κ2) is 5.33. The lowest BCUT2D eigenvalue weighted by Gasteiger charge is -2.09. The fraction of sp³-hybridized carbons (Fsp3) is 0.167. The number of aromatic nitrogens is 2. The largest absolute Gasteiger partial charge is 0.398 e. The Balaban J connectivity index is 2.33. The van der Waals surface area contributed by atoms with E-state index in [9.17, 15) is 13.2 Å². The van der Waals surface area contributed by atoms with Gasteiger partial charge in [0.15, 0.2) is 5.82 Å². The zero-order valence-corrected chi connectivity index (χ0v) is 11.6. The van der Waals surface area contributed by atoms with E-state index in [1.807, 2.05) is 6.92 Å². The minimum atomic E-state index is -3.79. The smallest absolute Gasteiger partial charge is 0.264 e. The number of nitrogen functional groups attached to an aromatic ring is 1. The zero-order valence-electron chi connectivity index (χ0n) is 10.8. The van der Waals surface area contributed by atoms with Crippen molar-refractivity contribution in [2.45, 2.75) is 18.2 Å². The zero-order chi connectivity index (χ0) is 14.8. The lowest BCUT2D eigenvalue weighted by Crippen LogP contribution is -2.16. The molecule has 1 heterocycles. The van der Waals surface area contributed by atoms with Crippen LogP contribution in [0.5, 0.6) is 0 Å². The monoisotopic (exact) mass is 294 g/mol. The third-order valence-corrected chi connectivity index (χ3v) is 4.08. The van der Waals surface area contributed by atoms with E-state index in [2.05, 4.69) is 14.9 Å². The number of H-pyrrole nitrogens is 1. The number of rotatable bonds is 4. The third kappa shape index (κ3) is 2.97. The Morgan fingerprint density at radius 2 is 2.05 bits per heavy atom. The van der Waals surface area contributed by atoms with Crippen molar-refractivity contribution in [3.05, 3.63) is 46.2 Å². The van der Waals surface area contributed by atoms with E-state index in [0.29, 0.717) is 5.69 Å². The van der Waals surface area contributed by atoms with Gasteiger partial charge in [0.2, 0.25) is 0 Å². The van der Waals surface area contributed by atoms with Gasteiger partial charge in [-0.05, 0) is 30.2 Å². The Labute approximate surface area is 115 Å². The van der Waals surface area contributed by atoms with Crippen LogP contribution in [-0.4, -0.2) is 18.6 Å². The maximum atomic E-state index is 12.1. The van der Waals surface area contributed by atoms with Gasteiger partial charge >= 0.3 is 0 Å². The highest BCUT2D eigenvalue weighted by molar-refractivity contribution is 7.92. The second-order valence-electron chi connectivity index (χ2n) is 4.13. The number of benzene rings is 1. The molecule has 0 aliphatic carbocycles. The molecule has 0 saturated carbocycles. The average molecular weight is 294 g/mol. The lowest BCUT2D eigenvalue weighted by atomic mass is 10.1. The summed E-state index contributed by atoms with van der Waals surface area (Å²) in [6, 6.07) is 7.00. The first-order chi connectivity index (χ1) is 9.42. The molecule has 106 valence electrons. The normalized spacial score (nSPS) is 11.2. The van der Waals surface area contributed by atoms with E-state index >= 15 is 0 Å². The molecule has 0 radical (unpaired) electrons. The van der Waals surface area contributed by atoms with Crippen LogP contribution in [0.2, 0.25) is 0 Å². The Hall–Kier alpha value is -2.35. The molecule has 8 heteroatoms. The first-order valence-corrected chi connectivity index (χ1v) is 7.37. The number of aryl methyl sites for hydroxylation is 1. The van der Waals surface area contributed by atoms with Gasteiger partial charge in [0.1, 0.15) is 0 Å². The maximum Gasteiger partial charge on any atom is 0.264 e. The molecule has 2 rings (SSSR count). The van der Waals surface area contributed by atoms with Crippen molar-refractivity contribution in [3.63, 3.8) is 0 Å². The molecule has 20 heavy (non-hydrogen) atoms. The molecule has 2 aromatic rings.